The summed E-state index contributed by atoms with van der Waals surface area (Å²) in [7, 11) is 1.63. The number of rotatable bonds is 6. The van der Waals surface area contributed by atoms with Crippen LogP contribution in [0.5, 0.6) is 5.88 Å². The van der Waals surface area contributed by atoms with E-state index in [1.54, 1.807) is 19.5 Å². The van der Waals surface area contributed by atoms with E-state index in [1.165, 1.54) is 0 Å². The lowest BCUT2D eigenvalue weighted by atomic mass is 10.1. The molecule has 1 aromatic heterocycles. The van der Waals surface area contributed by atoms with E-state index in [0.717, 1.165) is 25.1 Å². The summed E-state index contributed by atoms with van der Waals surface area (Å²) < 4.78 is 5.19. The third kappa shape index (κ3) is 3.16. The summed E-state index contributed by atoms with van der Waals surface area (Å²) in [4.78, 5) is 8.47. The molecule has 0 aromatic carbocycles. The number of hydrogen-bond donors (Lipinski definition) is 1. The first-order valence-electron chi connectivity index (χ1n) is 5.41. The van der Waals surface area contributed by atoms with Gasteiger partial charge in [0, 0.05) is 12.4 Å². The van der Waals surface area contributed by atoms with Crippen LogP contribution in [0.1, 0.15) is 38.4 Å². The van der Waals surface area contributed by atoms with E-state index in [2.05, 4.69) is 29.1 Å². The fraction of sp³-hybridized carbons (Fsp3) is 0.636. The molecule has 0 radical (unpaired) electrons. The van der Waals surface area contributed by atoms with E-state index in [-0.39, 0.29) is 6.04 Å². The molecule has 0 amide bonds. The smallest absolute Gasteiger partial charge is 0.236 e. The zero-order valence-electron chi connectivity index (χ0n) is 9.66. The summed E-state index contributed by atoms with van der Waals surface area (Å²) in [6, 6.07) is 0.230. The molecule has 1 unspecified atom stereocenters. The lowest BCUT2D eigenvalue weighted by Gasteiger charge is -2.17. The van der Waals surface area contributed by atoms with Crippen molar-refractivity contribution in [1.29, 1.82) is 0 Å². The predicted molar refractivity (Wildman–Crippen MR) is 59.9 cm³/mol. The van der Waals surface area contributed by atoms with Crippen LogP contribution < -0.4 is 10.1 Å². The summed E-state index contributed by atoms with van der Waals surface area (Å²) in [5, 5.41) is 3.43. The summed E-state index contributed by atoms with van der Waals surface area (Å²) in [6.45, 7) is 5.26. The van der Waals surface area contributed by atoms with E-state index < -0.39 is 0 Å². The highest BCUT2D eigenvalue weighted by atomic mass is 16.5. The van der Waals surface area contributed by atoms with Crippen LogP contribution in [-0.4, -0.2) is 23.6 Å². The van der Waals surface area contributed by atoms with Crippen molar-refractivity contribution in [3.63, 3.8) is 0 Å². The van der Waals surface area contributed by atoms with Crippen molar-refractivity contribution in [2.24, 2.45) is 0 Å². The van der Waals surface area contributed by atoms with Crippen LogP contribution in [0.15, 0.2) is 12.4 Å². The van der Waals surface area contributed by atoms with E-state index in [4.69, 9.17) is 4.74 Å². The Kier molecular flexibility index (Phi) is 5.04. The van der Waals surface area contributed by atoms with Gasteiger partial charge in [0.1, 0.15) is 5.69 Å². The SMILES string of the molecule is CCCNC(CC)c1nccnc1OC. The third-order valence-electron chi connectivity index (χ3n) is 2.26. The Bertz CT molecular complexity index is 291. The van der Waals surface area contributed by atoms with Gasteiger partial charge in [0.2, 0.25) is 5.88 Å². The maximum atomic E-state index is 5.19. The second-order valence-corrected chi connectivity index (χ2v) is 3.37. The van der Waals surface area contributed by atoms with Crippen LogP contribution in [0.25, 0.3) is 0 Å². The summed E-state index contributed by atoms with van der Waals surface area (Å²) >= 11 is 0. The molecule has 0 spiro atoms. The molecule has 15 heavy (non-hydrogen) atoms. The highest BCUT2D eigenvalue weighted by Crippen LogP contribution is 2.21. The van der Waals surface area contributed by atoms with Gasteiger partial charge in [-0.25, -0.2) is 4.98 Å². The van der Waals surface area contributed by atoms with Crippen molar-refractivity contribution in [2.75, 3.05) is 13.7 Å². The average Bonchev–Trinajstić information content (AvgIpc) is 2.30. The molecule has 0 saturated carbocycles. The Morgan fingerprint density at radius 3 is 2.67 bits per heavy atom. The first-order chi connectivity index (χ1) is 7.33. The normalized spacial score (nSPS) is 12.5. The van der Waals surface area contributed by atoms with E-state index in [9.17, 15) is 0 Å². The van der Waals surface area contributed by atoms with Crippen molar-refractivity contribution in [3.8, 4) is 5.88 Å². The number of hydrogen-bond acceptors (Lipinski definition) is 4. The standard InChI is InChI=1S/C11H19N3O/c1-4-6-12-9(5-2)10-11(15-3)14-8-7-13-10/h7-9,12H,4-6H2,1-3H3. The lowest BCUT2D eigenvalue weighted by Crippen LogP contribution is -2.23. The summed E-state index contributed by atoms with van der Waals surface area (Å²) in [5.74, 6) is 0.618. The van der Waals surface area contributed by atoms with Gasteiger partial charge in [0.15, 0.2) is 0 Å². The Balaban J connectivity index is 2.80. The van der Waals surface area contributed by atoms with Crippen LogP contribution >= 0.6 is 0 Å². The zero-order valence-corrected chi connectivity index (χ0v) is 9.66. The van der Waals surface area contributed by atoms with Gasteiger partial charge in [-0.2, -0.15) is 0 Å². The zero-order chi connectivity index (χ0) is 11.1. The molecule has 4 nitrogen and oxygen atoms in total. The molecule has 1 heterocycles. The van der Waals surface area contributed by atoms with Gasteiger partial charge < -0.3 is 10.1 Å². The summed E-state index contributed by atoms with van der Waals surface area (Å²) in [6.07, 6.45) is 5.44. The third-order valence-corrected chi connectivity index (χ3v) is 2.26. The van der Waals surface area contributed by atoms with Gasteiger partial charge in [0.25, 0.3) is 0 Å². The lowest BCUT2D eigenvalue weighted by molar-refractivity contribution is 0.375. The molecule has 0 fully saturated rings. The number of aromatic nitrogens is 2. The van der Waals surface area contributed by atoms with Crippen LogP contribution in [0.3, 0.4) is 0 Å². The molecule has 0 aliphatic rings. The van der Waals surface area contributed by atoms with Gasteiger partial charge in [0.05, 0.1) is 13.2 Å². The Morgan fingerprint density at radius 2 is 2.07 bits per heavy atom. The van der Waals surface area contributed by atoms with Crippen LogP contribution in [-0.2, 0) is 0 Å². The topological polar surface area (TPSA) is 47.0 Å². The first-order valence-corrected chi connectivity index (χ1v) is 5.41. The number of nitrogens with zero attached hydrogens (tertiary/aromatic N) is 2. The molecule has 0 aliphatic carbocycles. The van der Waals surface area contributed by atoms with E-state index in [1.807, 2.05) is 0 Å². The van der Waals surface area contributed by atoms with Gasteiger partial charge in [-0.15, -0.1) is 0 Å². The minimum Gasteiger partial charge on any atom is -0.480 e. The molecule has 1 N–H and O–H groups in total. The fourth-order valence-corrected chi connectivity index (χ4v) is 1.49. The number of ether oxygens (including phenoxy) is 1. The molecule has 84 valence electrons. The van der Waals surface area contributed by atoms with Gasteiger partial charge in [-0.3, -0.25) is 4.98 Å². The Hall–Kier alpha value is -1.16. The number of nitrogens with one attached hydrogen (secondary N) is 1. The minimum atomic E-state index is 0.230. The molecular weight excluding hydrogens is 190 g/mol. The molecule has 1 atom stereocenters. The number of methoxy groups -OCH3 is 1. The van der Waals surface area contributed by atoms with E-state index >= 15 is 0 Å². The molecule has 0 bridgehead atoms. The van der Waals surface area contributed by atoms with Crippen LogP contribution in [0.2, 0.25) is 0 Å². The first kappa shape index (κ1) is 11.9. The monoisotopic (exact) mass is 209 g/mol. The van der Waals surface area contributed by atoms with Crippen molar-refractivity contribution < 1.29 is 4.74 Å². The van der Waals surface area contributed by atoms with Crippen LogP contribution in [0.4, 0.5) is 0 Å². The quantitative estimate of drug-likeness (QED) is 0.777. The largest absolute Gasteiger partial charge is 0.480 e. The van der Waals surface area contributed by atoms with Crippen molar-refractivity contribution in [1.82, 2.24) is 15.3 Å². The molecule has 0 aliphatic heterocycles. The second kappa shape index (κ2) is 6.35. The Morgan fingerprint density at radius 1 is 1.33 bits per heavy atom. The second-order valence-electron chi connectivity index (χ2n) is 3.37. The highest BCUT2D eigenvalue weighted by molar-refractivity contribution is 5.20. The van der Waals surface area contributed by atoms with Gasteiger partial charge >= 0.3 is 0 Å². The minimum absolute atomic E-state index is 0.230. The van der Waals surface area contributed by atoms with Gasteiger partial charge in [-0.1, -0.05) is 13.8 Å². The molecular formula is C11H19N3O. The maximum Gasteiger partial charge on any atom is 0.236 e. The van der Waals surface area contributed by atoms with Crippen molar-refractivity contribution in [3.05, 3.63) is 18.1 Å². The molecule has 1 aromatic rings. The van der Waals surface area contributed by atoms with Crippen LogP contribution in [0, 0.1) is 0 Å². The Labute approximate surface area is 91.1 Å². The molecule has 1 rings (SSSR count). The molecule has 0 saturated heterocycles. The van der Waals surface area contributed by atoms with Crippen molar-refractivity contribution >= 4 is 0 Å². The maximum absolute atomic E-state index is 5.19. The average molecular weight is 209 g/mol. The highest BCUT2D eigenvalue weighted by Gasteiger charge is 2.15. The van der Waals surface area contributed by atoms with Crippen molar-refractivity contribution in [2.45, 2.75) is 32.7 Å². The van der Waals surface area contributed by atoms with Gasteiger partial charge in [-0.05, 0) is 19.4 Å². The molecule has 4 heteroatoms. The summed E-state index contributed by atoms with van der Waals surface area (Å²) in [5.41, 5.74) is 0.899. The predicted octanol–water partition coefficient (Wildman–Crippen LogP) is 1.94. The van der Waals surface area contributed by atoms with E-state index in [0.29, 0.717) is 5.88 Å². The fourth-order valence-electron chi connectivity index (χ4n) is 1.49.